The minimum Gasteiger partial charge on any atom is -0.478 e. The van der Waals surface area contributed by atoms with Crippen molar-refractivity contribution in [1.29, 1.82) is 0 Å². The van der Waals surface area contributed by atoms with Crippen molar-refractivity contribution in [3.8, 4) is 0 Å². The van der Waals surface area contributed by atoms with Crippen molar-refractivity contribution in [3.63, 3.8) is 0 Å². The topological polar surface area (TPSA) is 53.7 Å². The Morgan fingerprint density at radius 1 is 1.47 bits per heavy atom. The molecular formula is C14H15NO3S. The maximum absolute atomic E-state index is 10.8. The number of furan rings is 1. The molecule has 3 rings (SSSR count). The monoisotopic (exact) mass is 277 g/mol. The lowest BCUT2D eigenvalue weighted by Gasteiger charge is -2.19. The van der Waals surface area contributed by atoms with Crippen LogP contribution in [0.1, 0.15) is 33.8 Å². The van der Waals surface area contributed by atoms with Gasteiger partial charge in [0.2, 0.25) is 0 Å². The Balaban J connectivity index is 1.68. The first-order chi connectivity index (χ1) is 9.22. The highest BCUT2D eigenvalue weighted by Crippen LogP contribution is 2.30. The molecule has 0 amide bonds. The fourth-order valence-corrected chi connectivity index (χ4v) is 2.86. The summed E-state index contributed by atoms with van der Waals surface area (Å²) in [5, 5.41) is 11.0. The van der Waals surface area contributed by atoms with Crippen molar-refractivity contribution in [3.05, 3.63) is 46.0 Å². The largest absolute Gasteiger partial charge is 0.478 e. The van der Waals surface area contributed by atoms with E-state index >= 15 is 0 Å². The van der Waals surface area contributed by atoms with Crippen LogP contribution in [0.25, 0.3) is 0 Å². The summed E-state index contributed by atoms with van der Waals surface area (Å²) in [6.45, 7) is 1.58. The Morgan fingerprint density at radius 3 is 2.89 bits per heavy atom. The lowest BCUT2D eigenvalue weighted by Crippen LogP contribution is -2.24. The second kappa shape index (κ2) is 5.19. The van der Waals surface area contributed by atoms with Gasteiger partial charge in [-0.05, 0) is 30.4 Å². The highest BCUT2D eigenvalue weighted by Gasteiger charge is 2.30. The molecule has 4 nitrogen and oxygen atoms in total. The molecule has 0 aliphatic heterocycles. The van der Waals surface area contributed by atoms with Crippen LogP contribution >= 0.6 is 11.3 Å². The van der Waals surface area contributed by atoms with Gasteiger partial charge < -0.3 is 9.52 Å². The molecule has 0 radical (unpaired) electrons. The van der Waals surface area contributed by atoms with Crippen LogP contribution in [0.15, 0.2) is 34.3 Å². The third-order valence-corrected chi connectivity index (χ3v) is 4.12. The van der Waals surface area contributed by atoms with Gasteiger partial charge in [0.05, 0.1) is 12.1 Å². The molecule has 1 N–H and O–H groups in total. The van der Waals surface area contributed by atoms with Crippen LogP contribution in [-0.2, 0) is 13.1 Å². The number of aromatic carboxylic acids is 1. The predicted molar refractivity (Wildman–Crippen MR) is 72.3 cm³/mol. The van der Waals surface area contributed by atoms with Gasteiger partial charge in [0, 0.05) is 17.5 Å². The molecular weight excluding hydrogens is 262 g/mol. The fraction of sp³-hybridized carbons (Fsp3) is 0.357. The number of carboxylic acid groups (broad SMARTS) is 1. The van der Waals surface area contributed by atoms with Crippen LogP contribution in [0.2, 0.25) is 0 Å². The number of carboxylic acids is 1. The van der Waals surface area contributed by atoms with E-state index in [1.54, 1.807) is 17.4 Å². The van der Waals surface area contributed by atoms with Gasteiger partial charge in [0.25, 0.3) is 0 Å². The molecule has 0 aromatic carbocycles. The molecule has 2 aromatic rings. The van der Waals surface area contributed by atoms with Crippen LogP contribution in [0.3, 0.4) is 0 Å². The number of thiophene rings is 1. The van der Waals surface area contributed by atoms with E-state index in [4.69, 9.17) is 9.52 Å². The van der Waals surface area contributed by atoms with Gasteiger partial charge in [-0.2, -0.15) is 0 Å². The third kappa shape index (κ3) is 3.05. The molecule has 2 aromatic heterocycles. The van der Waals surface area contributed by atoms with E-state index < -0.39 is 5.97 Å². The Kier molecular flexibility index (Phi) is 3.40. The van der Waals surface area contributed by atoms with Crippen LogP contribution in [0, 0.1) is 0 Å². The van der Waals surface area contributed by atoms with Crippen LogP contribution in [0.4, 0.5) is 0 Å². The Morgan fingerprint density at radius 2 is 2.32 bits per heavy atom. The van der Waals surface area contributed by atoms with E-state index in [-0.39, 0.29) is 5.56 Å². The lowest BCUT2D eigenvalue weighted by molar-refractivity contribution is 0.0696. The average molecular weight is 277 g/mol. The molecule has 0 unspecified atom stereocenters. The van der Waals surface area contributed by atoms with Crippen molar-refractivity contribution >= 4 is 17.3 Å². The van der Waals surface area contributed by atoms with Gasteiger partial charge in [-0.25, -0.2) is 4.79 Å². The maximum Gasteiger partial charge on any atom is 0.338 e. The minimum absolute atomic E-state index is 0.224. The number of nitrogens with zero attached hydrogens (tertiary/aromatic N) is 1. The minimum atomic E-state index is -0.939. The summed E-state index contributed by atoms with van der Waals surface area (Å²) >= 11 is 1.75. The van der Waals surface area contributed by atoms with Crippen molar-refractivity contribution in [2.75, 3.05) is 0 Å². The van der Waals surface area contributed by atoms with Crippen LogP contribution < -0.4 is 0 Å². The standard InChI is InChI=1S/C14H15NO3S/c16-14(17)10-6-12(18-9-10)7-15(11-3-4-11)8-13-2-1-5-19-13/h1-2,5-6,9,11H,3-4,7-8H2,(H,16,17). The summed E-state index contributed by atoms with van der Waals surface area (Å²) < 4.78 is 5.33. The van der Waals surface area contributed by atoms with E-state index in [0.29, 0.717) is 12.6 Å². The molecule has 19 heavy (non-hydrogen) atoms. The van der Waals surface area contributed by atoms with E-state index in [2.05, 4.69) is 22.4 Å². The molecule has 5 heteroatoms. The van der Waals surface area contributed by atoms with E-state index in [1.807, 2.05) is 0 Å². The van der Waals surface area contributed by atoms with Gasteiger partial charge in [-0.1, -0.05) is 6.07 Å². The molecule has 0 atom stereocenters. The van der Waals surface area contributed by atoms with Crippen molar-refractivity contribution in [2.24, 2.45) is 0 Å². The number of rotatable bonds is 6. The van der Waals surface area contributed by atoms with Crippen molar-refractivity contribution in [1.82, 2.24) is 4.90 Å². The molecule has 1 fully saturated rings. The number of hydrogen-bond acceptors (Lipinski definition) is 4. The maximum atomic E-state index is 10.8. The first-order valence-corrected chi connectivity index (χ1v) is 7.17. The molecule has 1 saturated carbocycles. The SMILES string of the molecule is O=C(O)c1coc(CN(Cc2cccs2)C2CC2)c1. The van der Waals surface area contributed by atoms with E-state index in [1.165, 1.54) is 24.0 Å². The summed E-state index contributed by atoms with van der Waals surface area (Å²) in [4.78, 5) is 14.5. The van der Waals surface area contributed by atoms with Crippen molar-refractivity contribution in [2.45, 2.75) is 32.0 Å². The molecule has 1 aliphatic rings. The van der Waals surface area contributed by atoms with Gasteiger partial charge in [0.1, 0.15) is 12.0 Å². The summed E-state index contributed by atoms with van der Waals surface area (Å²) in [6, 6.07) is 6.41. The quantitative estimate of drug-likeness (QED) is 0.881. The van der Waals surface area contributed by atoms with E-state index in [9.17, 15) is 4.79 Å². The van der Waals surface area contributed by atoms with Crippen molar-refractivity contribution < 1.29 is 14.3 Å². The smallest absolute Gasteiger partial charge is 0.338 e. The van der Waals surface area contributed by atoms with Crippen LogP contribution in [0.5, 0.6) is 0 Å². The van der Waals surface area contributed by atoms with E-state index in [0.717, 1.165) is 12.3 Å². The predicted octanol–water partition coefficient (Wildman–Crippen LogP) is 3.20. The third-order valence-electron chi connectivity index (χ3n) is 3.26. The molecule has 0 saturated heterocycles. The molecule has 0 bridgehead atoms. The summed E-state index contributed by atoms with van der Waals surface area (Å²) in [6.07, 6.45) is 3.75. The van der Waals surface area contributed by atoms with Gasteiger partial charge in [-0.3, -0.25) is 4.90 Å². The summed E-state index contributed by atoms with van der Waals surface area (Å²) in [5.41, 5.74) is 0.224. The molecule has 100 valence electrons. The Labute approximate surface area is 115 Å². The summed E-state index contributed by atoms with van der Waals surface area (Å²) in [7, 11) is 0. The second-order valence-electron chi connectivity index (χ2n) is 4.82. The second-order valence-corrected chi connectivity index (χ2v) is 5.85. The number of carbonyl (C=O) groups is 1. The highest BCUT2D eigenvalue weighted by molar-refractivity contribution is 7.09. The summed E-state index contributed by atoms with van der Waals surface area (Å²) in [5.74, 6) is -0.216. The number of hydrogen-bond donors (Lipinski definition) is 1. The fourth-order valence-electron chi connectivity index (χ4n) is 2.13. The van der Waals surface area contributed by atoms with Gasteiger partial charge >= 0.3 is 5.97 Å². The Hall–Kier alpha value is -1.59. The zero-order chi connectivity index (χ0) is 13.2. The Bertz CT molecular complexity index is 557. The first-order valence-electron chi connectivity index (χ1n) is 6.29. The van der Waals surface area contributed by atoms with Gasteiger partial charge in [-0.15, -0.1) is 11.3 Å². The van der Waals surface area contributed by atoms with Crippen LogP contribution in [-0.4, -0.2) is 22.0 Å². The van der Waals surface area contributed by atoms with Gasteiger partial charge in [0.15, 0.2) is 0 Å². The molecule has 0 spiro atoms. The average Bonchev–Trinajstić information content (AvgIpc) is 2.90. The zero-order valence-electron chi connectivity index (χ0n) is 10.4. The molecule has 1 aliphatic carbocycles. The highest BCUT2D eigenvalue weighted by atomic mass is 32.1. The molecule has 2 heterocycles. The zero-order valence-corrected chi connectivity index (χ0v) is 11.2. The first kappa shape index (κ1) is 12.4. The normalized spacial score (nSPS) is 15.0. The lowest BCUT2D eigenvalue weighted by atomic mass is 10.3.